The van der Waals surface area contributed by atoms with Crippen LogP contribution < -0.4 is 0 Å². The molecule has 0 aromatic heterocycles. The van der Waals surface area contributed by atoms with Gasteiger partial charge in [-0.3, -0.25) is 0 Å². The van der Waals surface area contributed by atoms with Crippen LogP contribution in [-0.4, -0.2) is 11.7 Å². The van der Waals surface area contributed by atoms with Crippen LogP contribution >= 0.6 is 0 Å². The van der Waals surface area contributed by atoms with Crippen molar-refractivity contribution in [3.05, 3.63) is 12.2 Å². The summed E-state index contributed by atoms with van der Waals surface area (Å²) < 4.78 is 0. The molecule has 1 N–H and O–H groups in total. The third-order valence-corrected chi connectivity index (χ3v) is 4.23. The monoisotopic (exact) mass is 166 g/mol. The Morgan fingerprint density at radius 2 is 2.17 bits per heavy atom. The van der Waals surface area contributed by atoms with Crippen LogP contribution in [0.2, 0.25) is 0 Å². The average molecular weight is 166 g/mol. The van der Waals surface area contributed by atoms with Gasteiger partial charge in [-0.15, -0.1) is 0 Å². The van der Waals surface area contributed by atoms with Crippen molar-refractivity contribution < 1.29 is 5.11 Å². The number of hydrogen-bond acceptors (Lipinski definition) is 1. The lowest BCUT2D eigenvalue weighted by Gasteiger charge is -2.35. The van der Waals surface area contributed by atoms with Crippen molar-refractivity contribution in [2.24, 2.45) is 23.2 Å². The summed E-state index contributed by atoms with van der Waals surface area (Å²) in [6, 6.07) is 0. The highest BCUT2D eigenvalue weighted by atomic mass is 16.3. The second-order valence-corrected chi connectivity index (χ2v) is 4.96. The number of allylic oxidation sites excluding steroid dienone is 1. The van der Waals surface area contributed by atoms with Crippen molar-refractivity contribution in [2.75, 3.05) is 6.61 Å². The summed E-state index contributed by atoms with van der Waals surface area (Å²) in [5.41, 5.74) is 1.73. The van der Waals surface area contributed by atoms with Gasteiger partial charge in [0.2, 0.25) is 0 Å². The zero-order valence-corrected chi connectivity index (χ0v) is 8.01. The van der Waals surface area contributed by atoms with Crippen LogP contribution in [0.15, 0.2) is 12.2 Å². The van der Waals surface area contributed by atoms with E-state index in [9.17, 15) is 0 Å². The third kappa shape index (κ3) is 0.832. The number of hydrogen-bond donors (Lipinski definition) is 1. The molecule has 0 unspecified atom stereocenters. The Bertz CT molecular complexity index is 217. The molecule has 0 amide bonds. The molecule has 1 heteroatoms. The Morgan fingerprint density at radius 1 is 1.50 bits per heavy atom. The fourth-order valence-corrected chi connectivity index (χ4v) is 3.08. The molecule has 0 aromatic rings. The molecule has 3 atom stereocenters. The lowest BCUT2D eigenvalue weighted by atomic mass is 9.70. The molecule has 68 valence electrons. The minimum atomic E-state index is 0.344. The highest BCUT2D eigenvalue weighted by Crippen LogP contribution is 2.60. The molecule has 2 bridgehead atoms. The molecule has 2 fully saturated rings. The molecule has 0 radical (unpaired) electrons. The summed E-state index contributed by atoms with van der Waals surface area (Å²) in [4.78, 5) is 0. The summed E-state index contributed by atoms with van der Waals surface area (Å²) in [7, 11) is 0. The lowest BCUT2D eigenvalue weighted by molar-refractivity contribution is 0.165. The predicted octanol–water partition coefficient (Wildman–Crippen LogP) is 2.22. The number of rotatable bonds is 1. The first-order valence-corrected chi connectivity index (χ1v) is 4.87. The fraction of sp³-hybridized carbons (Fsp3) is 0.818. The van der Waals surface area contributed by atoms with Crippen LogP contribution in [0.1, 0.15) is 26.7 Å². The Labute approximate surface area is 74.5 Å². The summed E-state index contributed by atoms with van der Waals surface area (Å²) in [6.45, 7) is 9.13. The molecule has 1 nitrogen and oxygen atoms in total. The van der Waals surface area contributed by atoms with Crippen molar-refractivity contribution in [3.8, 4) is 0 Å². The van der Waals surface area contributed by atoms with Gasteiger partial charge in [-0.2, -0.15) is 0 Å². The molecule has 2 saturated carbocycles. The van der Waals surface area contributed by atoms with Crippen molar-refractivity contribution in [1.82, 2.24) is 0 Å². The summed E-state index contributed by atoms with van der Waals surface area (Å²) in [6.07, 6.45) is 2.49. The summed E-state index contributed by atoms with van der Waals surface area (Å²) in [5, 5.41) is 9.13. The van der Waals surface area contributed by atoms with Crippen LogP contribution in [0.25, 0.3) is 0 Å². The molecule has 0 aromatic carbocycles. The van der Waals surface area contributed by atoms with E-state index < -0.39 is 0 Å². The van der Waals surface area contributed by atoms with Gasteiger partial charge in [-0.05, 0) is 36.0 Å². The van der Waals surface area contributed by atoms with Crippen LogP contribution in [0, 0.1) is 23.2 Å². The van der Waals surface area contributed by atoms with Crippen molar-refractivity contribution in [3.63, 3.8) is 0 Å². The van der Waals surface area contributed by atoms with E-state index >= 15 is 0 Å². The second-order valence-electron chi connectivity index (χ2n) is 4.96. The van der Waals surface area contributed by atoms with Gasteiger partial charge in [-0.25, -0.2) is 0 Å². The third-order valence-electron chi connectivity index (χ3n) is 4.23. The van der Waals surface area contributed by atoms with E-state index in [0.29, 0.717) is 23.9 Å². The second kappa shape index (κ2) is 2.35. The fourth-order valence-electron chi connectivity index (χ4n) is 3.08. The number of aliphatic hydroxyl groups is 1. The van der Waals surface area contributed by atoms with E-state index in [2.05, 4.69) is 20.4 Å². The Morgan fingerprint density at radius 3 is 2.58 bits per heavy atom. The lowest BCUT2D eigenvalue weighted by Crippen LogP contribution is -2.28. The highest BCUT2D eigenvalue weighted by molar-refractivity contribution is 5.24. The molecule has 0 spiro atoms. The zero-order valence-electron chi connectivity index (χ0n) is 8.01. The molecular weight excluding hydrogens is 148 g/mol. The molecular formula is C11H18O. The predicted molar refractivity (Wildman–Crippen MR) is 49.7 cm³/mol. The number of fused-ring (bicyclic) bond motifs is 2. The van der Waals surface area contributed by atoms with Crippen molar-refractivity contribution in [2.45, 2.75) is 26.7 Å². The molecule has 0 heterocycles. The van der Waals surface area contributed by atoms with Crippen LogP contribution in [0.5, 0.6) is 0 Å². The molecule has 0 aliphatic heterocycles. The van der Waals surface area contributed by atoms with E-state index in [1.807, 2.05) is 0 Å². The average Bonchev–Trinajstić information content (AvgIpc) is 2.52. The smallest absolute Gasteiger partial charge is 0.0465 e. The molecule has 0 saturated heterocycles. The van der Waals surface area contributed by atoms with Gasteiger partial charge in [0.1, 0.15) is 0 Å². The SMILES string of the molecule is C=C1[C@@H]2C[C@@H](C[C@@H]2CO)C1(C)C. The van der Waals surface area contributed by atoms with Gasteiger partial charge in [0.15, 0.2) is 0 Å². The van der Waals surface area contributed by atoms with Crippen LogP contribution in [0.4, 0.5) is 0 Å². The van der Waals surface area contributed by atoms with E-state index in [-0.39, 0.29) is 0 Å². The molecule has 12 heavy (non-hydrogen) atoms. The van der Waals surface area contributed by atoms with E-state index in [1.165, 1.54) is 18.4 Å². The van der Waals surface area contributed by atoms with Crippen LogP contribution in [0.3, 0.4) is 0 Å². The maximum absolute atomic E-state index is 9.13. The Hall–Kier alpha value is -0.300. The quantitative estimate of drug-likeness (QED) is 0.592. The Kier molecular flexibility index (Phi) is 1.63. The topological polar surface area (TPSA) is 20.2 Å². The highest BCUT2D eigenvalue weighted by Gasteiger charge is 2.52. The molecule has 2 aliphatic rings. The Balaban J connectivity index is 2.24. The van der Waals surface area contributed by atoms with Gasteiger partial charge < -0.3 is 5.11 Å². The molecule has 2 rings (SSSR count). The normalized spacial score (nSPS) is 43.9. The minimum absolute atomic E-state index is 0.344. The summed E-state index contributed by atoms with van der Waals surface area (Å²) >= 11 is 0. The largest absolute Gasteiger partial charge is 0.396 e. The number of aliphatic hydroxyl groups excluding tert-OH is 1. The van der Waals surface area contributed by atoms with E-state index in [0.717, 1.165) is 5.92 Å². The maximum Gasteiger partial charge on any atom is 0.0465 e. The molecule has 2 aliphatic carbocycles. The van der Waals surface area contributed by atoms with Gasteiger partial charge in [-0.1, -0.05) is 26.0 Å². The maximum atomic E-state index is 9.13. The standard InChI is InChI=1S/C11H18O/c1-7-10-5-9(11(7,2)3)4-8(10)6-12/h8-10,12H,1,4-6H2,2-3H3/t8-,9-,10+/m1/s1. The van der Waals surface area contributed by atoms with Crippen LogP contribution in [-0.2, 0) is 0 Å². The first-order valence-electron chi connectivity index (χ1n) is 4.87. The van der Waals surface area contributed by atoms with Gasteiger partial charge in [0.25, 0.3) is 0 Å². The van der Waals surface area contributed by atoms with Crippen molar-refractivity contribution >= 4 is 0 Å². The van der Waals surface area contributed by atoms with E-state index in [1.54, 1.807) is 0 Å². The van der Waals surface area contributed by atoms with Gasteiger partial charge in [0.05, 0.1) is 0 Å². The van der Waals surface area contributed by atoms with Crippen molar-refractivity contribution in [1.29, 1.82) is 0 Å². The van der Waals surface area contributed by atoms with E-state index in [4.69, 9.17) is 5.11 Å². The first kappa shape index (κ1) is 8.31. The van der Waals surface area contributed by atoms with Gasteiger partial charge >= 0.3 is 0 Å². The first-order chi connectivity index (χ1) is 5.57. The summed E-state index contributed by atoms with van der Waals surface area (Å²) in [5.74, 6) is 1.93. The minimum Gasteiger partial charge on any atom is -0.396 e. The van der Waals surface area contributed by atoms with Gasteiger partial charge in [0, 0.05) is 6.61 Å². The zero-order chi connectivity index (χ0) is 8.93.